The number of methoxy groups -OCH3 is 1. The summed E-state index contributed by atoms with van der Waals surface area (Å²) in [5.41, 5.74) is 3.40. The average Bonchev–Trinajstić information content (AvgIpc) is 3.28. The van der Waals surface area contributed by atoms with Crippen molar-refractivity contribution in [2.75, 3.05) is 27.1 Å². The van der Waals surface area contributed by atoms with Gasteiger partial charge in [0.2, 0.25) is 0 Å². The Bertz CT molecular complexity index is 1070. The van der Waals surface area contributed by atoms with E-state index >= 15 is 0 Å². The summed E-state index contributed by atoms with van der Waals surface area (Å²) in [5, 5.41) is 10.1. The molecule has 0 bridgehead atoms. The molecule has 3 rings (SSSR count). The number of thiazole rings is 1. The standard InChI is InChI=1S/C26H31NO5S/c1-17(18-6-8-19(9-7-18)25(28)29)24-27-15-23(33-24)20-10-11-22(21(14-20)26(2,3)4)32-16-31-13-12-30-5/h6-11,14-15,17H,12-13,16H2,1-5H3,(H,28,29). The monoisotopic (exact) mass is 469 g/mol. The molecule has 0 saturated heterocycles. The summed E-state index contributed by atoms with van der Waals surface area (Å²) in [6.45, 7) is 9.75. The van der Waals surface area contributed by atoms with Crippen LogP contribution >= 0.6 is 11.3 Å². The van der Waals surface area contributed by atoms with Crippen molar-refractivity contribution in [2.45, 2.75) is 39.0 Å². The molecule has 0 amide bonds. The number of hydrogen-bond acceptors (Lipinski definition) is 6. The van der Waals surface area contributed by atoms with Crippen molar-refractivity contribution in [1.29, 1.82) is 0 Å². The van der Waals surface area contributed by atoms with Gasteiger partial charge in [-0.2, -0.15) is 0 Å². The first-order valence-corrected chi connectivity index (χ1v) is 11.7. The fraction of sp³-hybridized carbons (Fsp3) is 0.385. The van der Waals surface area contributed by atoms with E-state index in [2.05, 4.69) is 38.7 Å². The van der Waals surface area contributed by atoms with Gasteiger partial charge in [0.15, 0.2) is 6.79 Å². The summed E-state index contributed by atoms with van der Waals surface area (Å²) in [6, 6.07) is 13.2. The largest absolute Gasteiger partial charge is 0.478 e. The minimum atomic E-state index is -0.922. The van der Waals surface area contributed by atoms with Crippen LogP contribution < -0.4 is 4.74 Å². The Morgan fingerprint density at radius 3 is 2.48 bits per heavy atom. The van der Waals surface area contributed by atoms with Crippen LogP contribution in [0.4, 0.5) is 0 Å². The summed E-state index contributed by atoms with van der Waals surface area (Å²) in [4.78, 5) is 16.8. The van der Waals surface area contributed by atoms with Gasteiger partial charge in [0.1, 0.15) is 10.8 Å². The number of aromatic carboxylic acids is 1. The van der Waals surface area contributed by atoms with Gasteiger partial charge in [-0.1, -0.05) is 39.8 Å². The van der Waals surface area contributed by atoms with Crippen LogP contribution in [0.2, 0.25) is 0 Å². The Labute approximate surface area is 199 Å². The van der Waals surface area contributed by atoms with Gasteiger partial charge >= 0.3 is 5.97 Å². The van der Waals surface area contributed by atoms with Crippen molar-refractivity contribution in [3.63, 3.8) is 0 Å². The number of ether oxygens (including phenoxy) is 3. The lowest BCUT2D eigenvalue weighted by Crippen LogP contribution is -2.15. The van der Waals surface area contributed by atoms with Crippen molar-refractivity contribution in [1.82, 2.24) is 4.98 Å². The van der Waals surface area contributed by atoms with Gasteiger partial charge < -0.3 is 19.3 Å². The minimum Gasteiger partial charge on any atom is -0.478 e. The van der Waals surface area contributed by atoms with Crippen LogP contribution in [0.5, 0.6) is 5.75 Å². The van der Waals surface area contributed by atoms with Crippen LogP contribution in [0.15, 0.2) is 48.7 Å². The third-order valence-electron chi connectivity index (χ3n) is 5.35. The van der Waals surface area contributed by atoms with Crippen LogP contribution in [-0.2, 0) is 14.9 Å². The molecule has 3 aromatic rings. The van der Waals surface area contributed by atoms with E-state index in [4.69, 9.17) is 19.3 Å². The second kappa shape index (κ2) is 10.9. The molecule has 0 fully saturated rings. The van der Waals surface area contributed by atoms with Gasteiger partial charge in [0.25, 0.3) is 0 Å². The van der Waals surface area contributed by atoms with E-state index < -0.39 is 5.97 Å². The van der Waals surface area contributed by atoms with Crippen LogP contribution in [0.25, 0.3) is 10.4 Å². The molecule has 1 atom stereocenters. The Morgan fingerprint density at radius 2 is 1.85 bits per heavy atom. The molecule has 176 valence electrons. The molecular weight excluding hydrogens is 438 g/mol. The first-order valence-electron chi connectivity index (χ1n) is 10.8. The molecule has 1 aromatic heterocycles. The number of hydrogen-bond donors (Lipinski definition) is 1. The van der Waals surface area contributed by atoms with E-state index in [0.29, 0.717) is 13.2 Å². The Hall–Kier alpha value is -2.74. The van der Waals surface area contributed by atoms with E-state index in [0.717, 1.165) is 32.3 Å². The number of carboxylic acid groups (broad SMARTS) is 1. The maximum atomic E-state index is 11.1. The number of carboxylic acids is 1. The molecule has 0 spiro atoms. The van der Waals surface area contributed by atoms with E-state index in [1.165, 1.54) is 0 Å². The lowest BCUT2D eigenvalue weighted by atomic mass is 9.85. The van der Waals surface area contributed by atoms with Gasteiger partial charge in [-0.15, -0.1) is 11.3 Å². The lowest BCUT2D eigenvalue weighted by molar-refractivity contribution is -0.00917. The zero-order valence-corrected chi connectivity index (χ0v) is 20.6. The molecular formula is C26H31NO5S. The molecule has 2 aromatic carbocycles. The summed E-state index contributed by atoms with van der Waals surface area (Å²) in [6.07, 6.45) is 1.90. The molecule has 0 aliphatic carbocycles. The number of rotatable bonds is 10. The third kappa shape index (κ3) is 6.41. The van der Waals surface area contributed by atoms with Gasteiger partial charge in [0.05, 0.1) is 23.7 Å². The Kier molecular flexibility index (Phi) is 8.24. The highest BCUT2D eigenvalue weighted by atomic mass is 32.1. The van der Waals surface area contributed by atoms with Crippen LogP contribution in [0, 0.1) is 0 Å². The zero-order chi connectivity index (χ0) is 24.0. The molecule has 1 N–H and O–H groups in total. The third-order valence-corrected chi connectivity index (χ3v) is 6.58. The van der Waals surface area contributed by atoms with E-state index in [-0.39, 0.29) is 23.7 Å². The maximum absolute atomic E-state index is 11.1. The maximum Gasteiger partial charge on any atom is 0.335 e. The first-order chi connectivity index (χ1) is 15.7. The van der Waals surface area contributed by atoms with Gasteiger partial charge in [-0.25, -0.2) is 9.78 Å². The summed E-state index contributed by atoms with van der Waals surface area (Å²) < 4.78 is 16.4. The van der Waals surface area contributed by atoms with E-state index in [1.807, 2.05) is 30.5 Å². The second-order valence-corrected chi connectivity index (χ2v) is 9.90. The number of carbonyl (C=O) groups is 1. The molecule has 0 radical (unpaired) electrons. The summed E-state index contributed by atoms with van der Waals surface area (Å²) in [7, 11) is 1.64. The van der Waals surface area contributed by atoms with Crippen molar-refractivity contribution >= 4 is 17.3 Å². The SMILES string of the molecule is COCCOCOc1ccc(-c2cnc(C(C)c3ccc(C(=O)O)cc3)s2)cc1C(C)(C)C. The van der Waals surface area contributed by atoms with Gasteiger partial charge in [0, 0.05) is 24.8 Å². The number of benzene rings is 2. The van der Waals surface area contributed by atoms with Crippen molar-refractivity contribution in [3.05, 3.63) is 70.4 Å². The number of nitrogens with zero attached hydrogens (tertiary/aromatic N) is 1. The molecule has 6 nitrogen and oxygen atoms in total. The van der Waals surface area contributed by atoms with Gasteiger partial charge in [-0.05, 0) is 46.9 Å². The normalized spacial score (nSPS) is 12.5. The molecule has 0 aliphatic heterocycles. The van der Waals surface area contributed by atoms with E-state index in [9.17, 15) is 4.79 Å². The molecule has 7 heteroatoms. The summed E-state index contributed by atoms with van der Waals surface area (Å²) >= 11 is 1.64. The fourth-order valence-corrected chi connectivity index (χ4v) is 4.37. The van der Waals surface area contributed by atoms with Crippen molar-refractivity contribution < 1.29 is 24.1 Å². The average molecular weight is 470 g/mol. The molecule has 0 saturated carbocycles. The second-order valence-electron chi connectivity index (χ2n) is 8.84. The number of aromatic nitrogens is 1. The van der Waals surface area contributed by atoms with Gasteiger partial charge in [-0.3, -0.25) is 0 Å². The quantitative estimate of drug-likeness (QED) is 0.292. The predicted octanol–water partition coefficient (Wildman–Crippen LogP) is 5.96. The molecule has 33 heavy (non-hydrogen) atoms. The zero-order valence-electron chi connectivity index (χ0n) is 19.8. The predicted molar refractivity (Wildman–Crippen MR) is 130 cm³/mol. The van der Waals surface area contributed by atoms with Crippen LogP contribution in [0.1, 0.15) is 60.1 Å². The highest BCUT2D eigenvalue weighted by Crippen LogP contribution is 2.38. The highest BCUT2D eigenvalue weighted by molar-refractivity contribution is 7.15. The molecule has 1 heterocycles. The molecule has 1 unspecified atom stereocenters. The minimum absolute atomic E-state index is 0.0699. The fourth-order valence-electron chi connectivity index (χ4n) is 3.38. The summed E-state index contributed by atoms with van der Waals surface area (Å²) in [5.74, 6) is -0.0461. The van der Waals surface area contributed by atoms with Crippen molar-refractivity contribution in [2.24, 2.45) is 0 Å². The van der Waals surface area contributed by atoms with Crippen LogP contribution in [0.3, 0.4) is 0 Å². The Balaban J connectivity index is 1.80. The molecule has 0 aliphatic rings. The van der Waals surface area contributed by atoms with E-state index in [1.54, 1.807) is 30.6 Å². The first kappa shape index (κ1) is 24.9. The highest BCUT2D eigenvalue weighted by Gasteiger charge is 2.21. The van der Waals surface area contributed by atoms with Crippen LogP contribution in [-0.4, -0.2) is 43.2 Å². The Morgan fingerprint density at radius 1 is 1.12 bits per heavy atom. The lowest BCUT2D eigenvalue weighted by Gasteiger charge is -2.23. The topological polar surface area (TPSA) is 77.9 Å². The smallest absolute Gasteiger partial charge is 0.335 e. The van der Waals surface area contributed by atoms with Crippen molar-refractivity contribution in [3.8, 4) is 16.2 Å².